The molecule has 0 amide bonds. The van der Waals surface area contributed by atoms with Crippen LogP contribution in [0.1, 0.15) is 137 Å². The molecule has 178 valence electrons. The van der Waals surface area contributed by atoms with E-state index in [2.05, 4.69) is 25.3 Å². The highest BCUT2D eigenvalue weighted by Gasteiger charge is 2.17. The summed E-state index contributed by atoms with van der Waals surface area (Å²) in [4.78, 5) is 16.9. The largest absolute Gasteiger partial charge is 0.469 e. The lowest BCUT2D eigenvalue weighted by Crippen LogP contribution is -2.23. The fourth-order valence-electron chi connectivity index (χ4n) is 3.19. The van der Waals surface area contributed by atoms with E-state index in [0.717, 1.165) is 44.9 Å². The minimum atomic E-state index is -4.25. The number of unbranched alkanes of at least 4 members (excludes halogenated alkanes) is 12. The Labute approximate surface area is 181 Å². The monoisotopic (exact) mass is 438 g/mol. The lowest BCUT2D eigenvalue weighted by molar-refractivity contribution is 0.0376. The Hall–Kier alpha value is 0.0700. The molecule has 0 aliphatic heterocycles. The van der Waals surface area contributed by atoms with Gasteiger partial charge < -0.3 is 14.9 Å². The zero-order valence-electron chi connectivity index (χ0n) is 19.8. The number of phosphoric ester groups is 1. The standard InChI is InChI=1S/C13H29O4P.C10H22O/c1-2-3-4-5-6-7-8-9-10-11-12-13-17-18(14,15)16;1-4-6-8-10(3,11)9-7-5-2/h2-13H2,1H3,(H2,14,15,16);11H,4-9H2,1-3H3. The topological polar surface area (TPSA) is 87.0 Å². The molecule has 0 bridgehead atoms. The fourth-order valence-corrected chi connectivity index (χ4v) is 3.56. The average Bonchev–Trinajstić information content (AvgIpc) is 2.65. The number of rotatable bonds is 19. The summed E-state index contributed by atoms with van der Waals surface area (Å²) in [5.74, 6) is 0. The van der Waals surface area contributed by atoms with Crippen molar-refractivity contribution in [3.63, 3.8) is 0 Å². The summed E-state index contributed by atoms with van der Waals surface area (Å²) in [6.45, 7) is 8.68. The molecule has 0 aromatic rings. The minimum absolute atomic E-state index is 0.168. The molecule has 29 heavy (non-hydrogen) atoms. The van der Waals surface area contributed by atoms with Gasteiger partial charge in [-0.3, -0.25) is 4.52 Å². The fraction of sp³-hybridized carbons (Fsp3) is 1.00. The summed E-state index contributed by atoms with van der Waals surface area (Å²) in [6.07, 6.45) is 20.0. The number of hydrogen-bond acceptors (Lipinski definition) is 3. The Kier molecular flexibility index (Phi) is 23.0. The van der Waals surface area contributed by atoms with Crippen LogP contribution in [0.2, 0.25) is 0 Å². The first-order valence-electron chi connectivity index (χ1n) is 12.1. The Morgan fingerprint density at radius 3 is 1.34 bits per heavy atom. The van der Waals surface area contributed by atoms with E-state index in [9.17, 15) is 9.67 Å². The summed E-state index contributed by atoms with van der Waals surface area (Å²) < 4.78 is 14.8. The normalized spacial score (nSPS) is 12.0. The van der Waals surface area contributed by atoms with Gasteiger partial charge in [0.1, 0.15) is 0 Å². The second-order valence-corrected chi connectivity index (χ2v) is 9.80. The Balaban J connectivity index is 0. The Bertz CT molecular complexity index is 358. The first kappa shape index (κ1) is 31.3. The molecule has 0 radical (unpaired) electrons. The van der Waals surface area contributed by atoms with Crippen LogP contribution in [0.15, 0.2) is 0 Å². The highest BCUT2D eigenvalue weighted by Crippen LogP contribution is 2.35. The smallest absolute Gasteiger partial charge is 0.390 e. The van der Waals surface area contributed by atoms with Gasteiger partial charge in [-0.2, -0.15) is 0 Å². The van der Waals surface area contributed by atoms with Crippen molar-refractivity contribution in [1.29, 1.82) is 0 Å². The van der Waals surface area contributed by atoms with Crippen molar-refractivity contribution in [1.82, 2.24) is 0 Å². The van der Waals surface area contributed by atoms with Gasteiger partial charge in [0.25, 0.3) is 0 Å². The van der Waals surface area contributed by atoms with E-state index in [-0.39, 0.29) is 6.61 Å². The first-order valence-corrected chi connectivity index (χ1v) is 13.6. The quantitative estimate of drug-likeness (QED) is 0.143. The summed E-state index contributed by atoms with van der Waals surface area (Å²) in [5, 5.41) is 9.78. The molecule has 0 aliphatic carbocycles. The second-order valence-electron chi connectivity index (χ2n) is 8.56. The van der Waals surface area contributed by atoms with Crippen LogP contribution in [-0.2, 0) is 9.09 Å². The lowest BCUT2D eigenvalue weighted by Gasteiger charge is -2.22. The summed E-state index contributed by atoms with van der Waals surface area (Å²) in [7, 11) is -4.25. The van der Waals surface area contributed by atoms with Gasteiger partial charge >= 0.3 is 7.82 Å². The van der Waals surface area contributed by atoms with E-state index in [1.165, 1.54) is 64.2 Å². The van der Waals surface area contributed by atoms with E-state index >= 15 is 0 Å². The maximum atomic E-state index is 10.4. The van der Waals surface area contributed by atoms with Gasteiger partial charge in [0.15, 0.2) is 0 Å². The van der Waals surface area contributed by atoms with Crippen LogP contribution >= 0.6 is 7.82 Å². The van der Waals surface area contributed by atoms with Crippen molar-refractivity contribution in [3.05, 3.63) is 0 Å². The molecular formula is C23H51O5P. The zero-order chi connectivity index (χ0) is 22.4. The molecule has 6 heteroatoms. The van der Waals surface area contributed by atoms with Crippen LogP contribution in [0.4, 0.5) is 0 Å². The van der Waals surface area contributed by atoms with E-state index < -0.39 is 13.4 Å². The van der Waals surface area contributed by atoms with Gasteiger partial charge in [0, 0.05) is 0 Å². The van der Waals surface area contributed by atoms with Crippen LogP contribution in [0.25, 0.3) is 0 Å². The van der Waals surface area contributed by atoms with Crippen LogP contribution < -0.4 is 0 Å². The summed E-state index contributed by atoms with van der Waals surface area (Å²) >= 11 is 0. The predicted molar refractivity (Wildman–Crippen MR) is 124 cm³/mol. The molecule has 0 rings (SSSR count). The van der Waals surface area contributed by atoms with E-state index in [4.69, 9.17) is 9.79 Å². The molecule has 0 aliphatic rings. The van der Waals surface area contributed by atoms with Gasteiger partial charge in [-0.25, -0.2) is 4.57 Å². The Morgan fingerprint density at radius 1 is 0.655 bits per heavy atom. The lowest BCUT2D eigenvalue weighted by atomic mass is 9.93. The molecule has 0 heterocycles. The van der Waals surface area contributed by atoms with Gasteiger partial charge in [-0.1, -0.05) is 111 Å². The molecule has 0 unspecified atom stereocenters. The van der Waals surface area contributed by atoms with E-state index in [1.54, 1.807) is 0 Å². The molecule has 0 saturated carbocycles. The van der Waals surface area contributed by atoms with Gasteiger partial charge in [0.05, 0.1) is 12.2 Å². The Morgan fingerprint density at radius 2 is 1.00 bits per heavy atom. The molecular weight excluding hydrogens is 387 g/mol. The van der Waals surface area contributed by atoms with Crippen molar-refractivity contribution in [2.75, 3.05) is 6.61 Å². The molecule has 0 spiro atoms. The SMILES string of the molecule is CCCCC(C)(O)CCCC.CCCCCCCCCCCCCOP(=O)(O)O. The first-order chi connectivity index (χ1) is 13.7. The highest BCUT2D eigenvalue weighted by atomic mass is 31.2. The van der Waals surface area contributed by atoms with Crippen LogP contribution in [0.5, 0.6) is 0 Å². The molecule has 5 nitrogen and oxygen atoms in total. The van der Waals surface area contributed by atoms with Crippen LogP contribution in [0.3, 0.4) is 0 Å². The summed E-state index contributed by atoms with van der Waals surface area (Å²) in [6, 6.07) is 0. The number of hydrogen-bond donors (Lipinski definition) is 3. The zero-order valence-corrected chi connectivity index (χ0v) is 20.7. The minimum Gasteiger partial charge on any atom is -0.390 e. The molecule has 3 N–H and O–H groups in total. The molecule has 0 saturated heterocycles. The van der Waals surface area contributed by atoms with Crippen molar-refractivity contribution in [3.8, 4) is 0 Å². The van der Waals surface area contributed by atoms with Crippen LogP contribution in [-0.4, -0.2) is 27.1 Å². The number of phosphoric acid groups is 1. The van der Waals surface area contributed by atoms with Gasteiger partial charge in [0.2, 0.25) is 0 Å². The molecule has 0 fully saturated rings. The highest BCUT2D eigenvalue weighted by molar-refractivity contribution is 7.46. The third-order valence-electron chi connectivity index (χ3n) is 5.15. The maximum Gasteiger partial charge on any atom is 0.469 e. The predicted octanol–water partition coefficient (Wildman–Crippen LogP) is 7.52. The molecule has 0 aromatic carbocycles. The maximum absolute atomic E-state index is 10.4. The van der Waals surface area contributed by atoms with Crippen LogP contribution in [0, 0.1) is 0 Å². The average molecular weight is 439 g/mol. The van der Waals surface area contributed by atoms with Crippen molar-refractivity contribution in [2.24, 2.45) is 0 Å². The van der Waals surface area contributed by atoms with E-state index in [1.807, 2.05) is 6.92 Å². The van der Waals surface area contributed by atoms with Crippen molar-refractivity contribution in [2.45, 2.75) is 142 Å². The summed E-state index contributed by atoms with van der Waals surface area (Å²) in [5.41, 5.74) is -0.397. The molecule has 0 atom stereocenters. The third-order valence-corrected chi connectivity index (χ3v) is 5.66. The second kappa shape index (κ2) is 21.3. The molecule has 0 aromatic heterocycles. The van der Waals surface area contributed by atoms with Gasteiger partial charge in [-0.15, -0.1) is 0 Å². The van der Waals surface area contributed by atoms with Gasteiger partial charge in [-0.05, 0) is 26.2 Å². The van der Waals surface area contributed by atoms with E-state index in [0.29, 0.717) is 0 Å². The van der Waals surface area contributed by atoms with Crippen molar-refractivity contribution >= 4 is 7.82 Å². The third kappa shape index (κ3) is 30.4. The van der Waals surface area contributed by atoms with Crippen molar-refractivity contribution < 1.29 is 24.0 Å². The number of aliphatic hydroxyl groups is 1.